The molecule has 0 aliphatic rings. The number of sulfone groups is 1. The second-order valence-electron chi connectivity index (χ2n) is 9.83. The zero-order valence-electron chi connectivity index (χ0n) is 23.8. The molecule has 1 atom stereocenters. The van der Waals surface area contributed by atoms with Crippen LogP contribution in [0.1, 0.15) is 49.3 Å². The van der Waals surface area contributed by atoms with Crippen LogP contribution in [0, 0.1) is 17.1 Å². The van der Waals surface area contributed by atoms with E-state index in [0.29, 0.717) is 24.2 Å². The van der Waals surface area contributed by atoms with Gasteiger partial charge in [-0.2, -0.15) is 18.4 Å². The second kappa shape index (κ2) is 12.5. The minimum atomic E-state index is -5.00. The summed E-state index contributed by atoms with van der Waals surface area (Å²) in [6, 6.07) is 8.95. The molecule has 0 N–H and O–H groups in total. The van der Waals surface area contributed by atoms with Crippen molar-refractivity contribution in [3.63, 3.8) is 0 Å². The molecule has 0 saturated heterocycles. The quantitative estimate of drug-likeness (QED) is 0.241. The number of fused-ring (bicyclic) bond motifs is 1. The molecular formula is C28H27F4N7O4S. The summed E-state index contributed by atoms with van der Waals surface area (Å²) in [6.45, 7) is 4.58. The number of aromatic nitrogens is 5. The van der Waals surface area contributed by atoms with E-state index in [9.17, 15) is 40.8 Å². The fourth-order valence-electron chi connectivity index (χ4n) is 4.58. The highest BCUT2D eigenvalue weighted by molar-refractivity contribution is 7.91. The summed E-state index contributed by atoms with van der Waals surface area (Å²) in [5.74, 6) is -3.00. The Morgan fingerprint density at radius 2 is 1.82 bits per heavy atom. The van der Waals surface area contributed by atoms with E-state index in [1.165, 1.54) is 42.8 Å². The van der Waals surface area contributed by atoms with E-state index >= 15 is 0 Å². The van der Waals surface area contributed by atoms with Crippen LogP contribution in [0.5, 0.6) is 0 Å². The van der Waals surface area contributed by atoms with Gasteiger partial charge < -0.3 is 4.90 Å². The van der Waals surface area contributed by atoms with E-state index in [1.807, 2.05) is 6.07 Å². The van der Waals surface area contributed by atoms with Gasteiger partial charge in [-0.1, -0.05) is 18.2 Å². The summed E-state index contributed by atoms with van der Waals surface area (Å²) in [4.78, 5) is 33.2. The lowest BCUT2D eigenvalue weighted by Gasteiger charge is -2.30. The topological polar surface area (TPSA) is 144 Å². The highest BCUT2D eigenvalue weighted by Gasteiger charge is 2.35. The number of rotatable bonds is 10. The van der Waals surface area contributed by atoms with Crippen molar-refractivity contribution in [2.45, 2.75) is 46.0 Å². The minimum absolute atomic E-state index is 0.0125. The third kappa shape index (κ3) is 6.62. The van der Waals surface area contributed by atoms with Gasteiger partial charge in [0.2, 0.25) is 5.91 Å². The van der Waals surface area contributed by atoms with Gasteiger partial charge in [0.05, 0.1) is 41.1 Å². The SMILES string of the molecule is CCn1nnc2c(=O)n(-c3ccc(C#N)cc3)c([C@@H](C)N(CCS(=O)(=O)CC)C(=O)Cc3ccc(F)c(C(F)(F)F)c3)nc21. The lowest BCUT2D eigenvalue weighted by Crippen LogP contribution is -2.41. The van der Waals surface area contributed by atoms with Crippen LogP contribution >= 0.6 is 0 Å². The molecule has 0 bridgehead atoms. The standard InChI is InChI=1S/C28H27F4N7O4S/c1-4-38-26-24(35-36-38)27(41)39(20-9-6-18(16-33)7-10-20)25(34-26)17(3)37(12-13-44(42,43)5-2)23(40)15-19-8-11-22(29)21(14-19)28(30,31)32/h6-11,14,17H,4-5,12-13,15H2,1-3H3/t17-/m1/s1. The van der Waals surface area contributed by atoms with Crippen molar-refractivity contribution in [3.8, 4) is 11.8 Å². The van der Waals surface area contributed by atoms with Crippen molar-refractivity contribution in [1.29, 1.82) is 5.26 Å². The van der Waals surface area contributed by atoms with E-state index in [2.05, 4.69) is 15.3 Å². The number of carbonyl (C=O) groups excluding carboxylic acids is 1. The fraction of sp³-hybridized carbons (Fsp3) is 0.357. The van der Waals surface area contributed by atoms with Crippen LogP contribution in [0.2, 0.25) is 0 Å². The van der Waals surface area contributed by atoms with Crippen LogP contribution in [0.4, 0.5) is 17.6 Å². The van der Waals surface area contributed by atoms with Gasteiger partial charge in [-0.25, -0.2) is 22.5 Å². The Bertz CT molecular complexity index is 1910. The van der Waals surface area contributed by atoms with Crippen molar-refractivity contribution >= 4 is 26.9 Å². The third-order valence-electron chi connectivity index (χ3n) is 7.05. The minimum Gasteiger partial charge on any atom is -0.331 e. The highest BCUT2D eigenvalue weighted by Crippen LogP contribution is 2.32. The Balaban J connectivity index is 1.87. The van der Waals surface area contributed by atoms with E-state index in [1.54, 1.807) is 6.92 Å². The molecule has 2 aromatic heterocycles. The first-order valence-corrected chi connectivity index (χ1v) is 15.2. The molecule has 0 fully saturated rings. The normalized spacial score (nSPS) is 12.7. The summed E-state index contributed by atoms with van der Waals surface area (Å²) in [7, 11) is -3.62. The van der Waals surface area contributed by atoms with Crippen molar-refractivity contribution in [2.75, 3.05) is 18.1 Å². The average Bonchev–Trinajstić information content (AvgIpc) is 3.41. The lowest BCUT2D eigenvalue weighted by atomic mass is 10.1. The number of carbonyl (C=O) groups is 1. The molecule has 0 unspecified atom stereocenters. The van der Waals surface area contributed by atoms with Gasteiger partial charge in [-0.05, 0) is 55.8 Å². The van der Waals surface area contributed by atoms with Crippen molar-refractivity contribution in [2.24, 2.45) is 0 Å². The third-order valence-corrected chi connectivity index (χ3v) is 8.74. The van der Waals surface area contributed by atoms with Crippen LogP contribution in [-0.2, 0) is 33.8 Å². The molecule has 0 radical (unpaired) electrons. The molecule has 0 aliphatic carbocycles. The summed E-state index contributed by atoms with van der Waals surface area (Å²) in [5, 5.41) is 17.1. The molecule has 11 nitrogen and oxygen atoms in total. The molecule has 2 aromatic carbocycles. The summed E-state index contributed by atoms with van der Waals surface area (Å²) < 4.78 is 81.4. The van der Waals surface area contributed by atoms with Gasteiger partial charge in [-0.15, -0.1) is 5.10 Å². The lowest BCUT2D eigenvalue weighted by molar-refractivity contribution is -0.140. The Morgan fingerprint density at radius 3 is 2.41 bits per heavy atom. The second-order valence-corrected chi connectivity index (χ2v) is 12.3. The molecule has 4 rings (SSSR count). The number of amides is 1. The van der Waals surface area contributed by atoms with Gasteiger partial charge in [-0.3, -0.25) is 14.2 Å². The summed E-state index contributed by atoms with van der Waals surface area (Å²) >= 11 is 0. The van der Waals surface area contributed by atoms with Crippen LogP contribution < -0.4 is 5.56 Å². The number of benzene rings is 2. The first-order valence-electron chi connectivity index (χ1n) is 13.4. The number of hydrogen-bond donors (Lipinski definition) is 0. The van der Waals surface area contributed by atoms with Gasteiger partial charge in [0.1, 0.15) is 11.6 Å². The summed E-state index contributed by atoms with van der Waals surface area (Å²) in [5.41, 5.74) is -1.75. The number of hydrogen-bond acceptors (Lipinski definition) is 8. The van der Waals surface area contributed by atoms with E-state index in [-0.39, 0.29) is 40.5 Å². The first kappa shape index (κ1) is 32.3. The Kier molecular flexibility index (Phi) is 9.19. The first-order chi connectivity index (χ1) is 20.7. The fourth-order valence-corrected chi connectivity index (χ4v) is 5.35. The molecular weight excluding hydrogens is 606 g/mol. The highest BCUT2D eigenvalue weighted by atomic mass is 32.2. The van der Waals surface area contributed by atoms with Crippen LogP contribution in [0.15, 0.2) is 47.3 Å². The molecule has 16 heteroatoms. The number of alkyl halides is 3. The molecule has 0 aliphatic heterocycles. The molecule has 1 amide bonds. The number of nitrogens with zero attached hydrogens (tertiary/aromatic N) is 7. The number of nitriles is 1. The molecule has 0 saturated carbocycles. The zero-order chi connectivity index (χ0) is 32.4. The van der Waals surface area contributed by atoms with Crippen molar-refractivity contribution < 1.29 is 30.8 Å². The van der Waals surface area contributed by atoms with Crippen LogP contribution in [0.3, 0.4) is 0 Å². The van der Waals surface area contributed by atoms with Gasteiger partial charge in [0.25, 0.3) is 5.56 Å². The van der Waals surface area contributed by atoms with Crippen molar-refractivity contribution in [1.82, 2.24) is 29.4 Å². The van der Waals surface area contributed by atoms with Gasteiger partial charge in [0.15, 0.2) is 21.0 Å². The maximum atomic E-state index is 13.9. The molecule has 44 heavy (non-hydrogen) atoms. The maximum absolute atomic E-state index is 13.9. The summed E-state index contributed by atoms with van der Waals surface area (Å²) in [6.07, 6.45) is -5.63. The average molecular weight is 634 g/mol. The Labute approximate surface area is 249 Å². The predicted molar refractivity (Wildman–Crippen MR) is 151 cm³/mol. The van der Waals surface area contributed by atoms with Gasteiger partial charge >= 0.3 is 6.18 Å². The molecule has 4 aromatic rings. The molecule has 232 valence electrons. The van der Waals surface area contributed by atoms with E-state index in [4.69, 9.17) is 0 Å². The predicted octanol–water partition coefficient (Wildman–Crippen LogP) is 3.59. The Morgan fingerprint density at radius 1 is 1.14 bits per heavy atom. The zero-order valence-corrected chi connectivity index (χ0v) is 24.7. The monoisotopic (exact) mass is 633 g/mol. The number of halogens is 4. The largest absolute Gasteiger partial charge is 0.419 e. The molecule has 0 spiro atoms. The van der Waals surface area contributed by atoms with Gasteiger partial charge in [0, 0.05) is 18.8 Å². The smallest absolute Gasteiger partial charge is 0.331 e. The molecule has 2 heterocycles. The van der Waals surface area contributed by atoms with E-state index in [0.717, 1.165) is 15.5 Å². The Hall–Kier alpha value is -4.65. The van der Waals surface area contributed by atoms with Crippen molar-refractivity contribution in [3.05, 3.63) is 81.2 Å². The van der Waals surface area contributed by atoms with Crippen LogP contribution in [-0.4, -0.2) is 61.8 Å². The van der Waals surface area contributed by atoms with E-state index < -0.39 is 57.1 Å². The maximum Gasteiger partial charge on any atom is 0.419 e. The number of aryl methyl sites for hydroxylation is 1. The van der Waals surface area contributed by atoms with Crippen LogP contribution in [0.25, 0.3) is 16.9 Å².